The highest BCUT2D eigenvalue weighted by atomic mass is 16.5. The van der Waals surface area contributed by atoms with E-state index >= 15 is 0 Å². The summed E-state index contributed by atoms with van der Waals surface area (Å²) in [6.45, 7) is 4.37. The van der Waals surface area contributed by atoms with Crippen LogP contribution in [-0.4, -0.2) is 6.10 Å². The van der Waals surface area contributed by atoms with Gasteiger partial charge in [0.25, 0.3) is 0 Å². The van der Waals surface area contributed by atoms with Crippen molar-refractivity contribution in [3.05, 3.63) is 11.8 Å². The largest absolute Gasteiger partial charge is 0.494 e. The van der Waals surface area contributed by atoms with E-state index in [9.17, 15) is 0 Å². The number of allylic oxidation sites excluding steroid dienone is 1. The summed E-state index contributed by atoms with van der Waals surface area (Å²) in [6.07, 6.45) is 5.43. The third-order valence-electron chi connectivity index (χ3n) is 2.47. The Morgan fingerprint density at radius 2 is 2.10 bits per heavy atom. The Morgan fingerprint density at radius 1 is 1.40 bits per heavy atom. The van der Waals surface area contributed by atoms with Crippen LogP contribution in [0.4, 0.5) is 0 Å². The van der Waals surface area contributed by atoms with Crippen molar-refractivity contribution in [3.8, 4) is 0 Å². The highest BCUT2D eigenvalue weighted by Crippen LogP contribution is 2.41. The van der Waals surface area contributed by atoms with Gasteiger partial charge in [-0.15, -0.1) is 0 Å². The molecular weight excluding hydrogens is 124 g/mol. The maximum Gasteiger partial charge on any atom is 0.101 e. The molecule has 2 aliphatic rings. The Kier molecular flexibility index (Phi) is 1.26. The van der Waals surface area contributed by atoms with E-state index in [-0.39, 0.29) is 0 Å². The van der Waals surface area contributed by atoms with Crippen LogP contribution >= 0.6 is 0 Å². The predicted octanol–water partition coefficient (Wildman–Crippen LogP) is 2.34. The second-order valence-corrected chi connectivity index (χ2v) is 3.53. The lowest BCUT2D eigenvalue weighted by Crippen LogP contribution is -2.07. The molecule has 0 aromatic rings. The highest BCUT2D eigenvalue weighted by Gasteiger charge is 2.33. The van der Waals surface area contributed by atoms with E-state index in [0.717, 1.165) is 5.92 Å². The van der Waals surface area contributed by atoms with Gasteiger partial charge >= 0.3 is 0 Å². The SMILES string of the molecule is CC1C=C(C2CC2)OC1C. The lowest BCUT2D eigenvalue weighted by molar-refractivity contribution is 0.125. The maximum atomic E-state index is 5.66. The van der Waals surface area contributed by atoms with Crippen molar-refractivity contribution >= 4 is 0 Å². The second-order valence-electron chi connectivity index (χ2n) is 3.53. The van der Waals surface area contributed by atoms with Crippen molar-refractivity contribution in [1.82, 2.24) is 0 Å². The molecule has 0 bridgehead atoms. The fourth-order valence-electron chi connectivity index (χ4n) is 1.36. The second kappa shape index (κ2) is 2.01. The van der Waals surface area contributed by atoms with Crippen molar-refractivity contribution in [2.24, 2.45) is 11.8 Å². The molecule has 1 aliphatic heterocycles. The Hall–Kier alpha value is -0.460. The zero-order valence-corrected chi connectivity index (χ0v) is 6.63. The van der Waals surface area contributed by atoms with Gasteiger partial charge in [0.1, 0.15) is 6.10 Å². The fraction of sp³-hybridized carbons (Fsp3) is 0.778. The number of hydrogen-bond donors (Lipinski definition) is 0. The lowest BCUT2D eigenvalue weighted by Gasteiger charge is -2.09. The molecule has 0 aromatic heterocycles. The van der Waals surface area contributed by atoms with E-state index in [1.54, 1.807) is 0 Å². The molecule has 1 heteroatoms. The molecule has 2 rings (SSSR count). The van der Waals surface area contributed by atoms with E-state index < -0.39 is 0 Å². The number of rotatable bonds is 1. The van der Waals surface area contributed by atoms with Crippen molar-refractivity contribution in [2.75, 3.05) is 0 Å². The van der Waals surface area contributed by atoms with Crippen LogP contribution in [-0.2, 0) is 4.74 Å². The Balaban J connectivity index is 2.04. The molecule has 0 aromatic carbocycles. The van der Waals surface area contributed by atoms with E-state index in [4.69, 9.17) is 4.74 Å². The van der Waals surface area contributed by atoms with Gasteiger partial charge in [-0.25, -0.2) is 0 Å². The van der Waals surface area contributed by atoms with E-state index in [1.165, 1.54) is 18.6 Å². The van der Waals surface area contributed by atoms with Crippen LogP contribution in [0.2, 0.25) is 0 Å². The zero-order chi connectivity index (χ0) is 7.14. The molecule has 0 spiro atoms. The van der Waals surface area contributed by atoms with E-state index in [0.29, 0.717) is 12.0 Å². The molecule has 1 nitrogen and oxygen atoms in total. The molecule has 2 atom stereocenters. The summed E-state index contributed by atoms with van der Waals surface area (Å²) in [4.78, 5) is 0. The van der Waals surface area contributed by atoms with Gasteiger partial charge in [-0.2, -0.15) is 0 Å². The van der Waals surface area contributed by atoms with E-state index in [2.05, 4.69) is 19.9 Å². The summed E-state index contributed by atoms with van der Waals surface area (Å²) in [5, 5.41) is 0. The van der Waals surface area contributed by atoms with Crippen LogP contribution in [0.1, 0.15) is 26.7 Å². The molecule has 0 amide bonds. The molecule has 56 valence electrons. The molecule has 2 unspecified atom stereocenters. The monoisotopic (exact) mass is 138 g/mol. The normalized spacial score (nSPS) is 39.2. The Morgan fingerprint density at radius 3 is 2.50 bits per heavy atom. The van der Waals surface area contributed by atoms with E-state index in [1.807, 2.05) is 0 Å². The minimum atomic E-state index is 0.426. The Labute approximate surface area is 62.1 Å². The predicted molar refractivity (Wildman–Crippen MR) is 40.5 cm³/mol. The van der Waals surface area contributed by atoms with Crippen LogP contribution in [0.3, 0.4) is 0 Å². The third kappa shape index (κ3) is 0.938. The summed E-state index contributed by atoms with van der Waals surface area (Å²) in [7, 11) is 0. The first-order valence-corrected chi connectivity index (χ1v) is 4.16. The van der Waals surface area contributed by atoms with Crippen LogP contribution in [0.5, 0.6) is 0 Å². The van der Waals surface area contributed by atoms with Crippen LogP contribution < -0.4 is 0 Å². The highest BCUT2D eigenvalue weighted by molar-refractivity contribution is 5.12. The van der Waals surface area contributed by atoms with Gasteiger partial charge < -0.3 is 4.74 Å². The molecule has 0 radical (unpaired) electrons. The Bertz CT molecular complexity index is 168. The zero-order valence-electron chi connectivity index (χ0n) is 6.63. The van der Waals surface area contributed by atoms with Crippen molar-refractivity contribution in [3.63, 3.8) is 0 Å². The minimum absolute atomic E-state index is 0.426. The van der Waals surface area contributed by atoms with Gasteiger partial charge in [0.05, 0.1) is 5.76 Å². The summed E-state index contributed by atoms with van der Waals surface area (Å²) >= 11 is 0. The van der Waals surface area contributed by atoms with Crippen LogP contribution in [0, 0.1) is 11.8 Å². The molecule has 10 heavy (non-hydrogen) atoms. The third-order valence-corrected chi connectivity index (χ3v) is 2.47. The maximum absolute atomic E-state index is 5.66. The first-order valence-electron chi connectivity index (χ1n) is 4.16. The lowest BCUT2D eigenvalue weighted by atomic mass is 10.1. The molecule has 1 heterocycles. The van der Waals surface area contributed by atoms with Crippen LogP contribution in [0.25, 0.3) is 0 Å². The van der Waals surface area contributed by atoms with Crippen molar-refractivity contribution < 1.29 is 4.74 Å². The average molecular weight is 138 g/mol. The van der Waals surface area contributed by atoms with Gasteiger partial charge in [0.2, 0.25) is 0 Å². The first kappa shape index (κ1) is 6.26. The summed E-state index contributed by atoms with van der Waals surface area (Å²) < 4.78 is 5.66. The van der Waals surface area contributed by atoms with Crippen molar-refractivity contribution in [1.29, 1.82) is 0 Å². The standard InChI is InChI=1S/C9H14O/c1-6-5-9(8-3-4-8)10-7(6)2/h5-8H,3-4H2,1-2H3. The van der Waals surface area contributed by atoms with Crippen molar-refractivity contribution in [2.45, 2.75) is 32.8 Å². The molecule has 1 fully saturated rings. The summed E-state index contributed by atoms with van der Waals surface area (Å²) in [5.74, 6) is 2.71. The smallest absolute Gasteiger partial charge is 0.101 e. The number of ether oxygens (including phenoxy) is 1. The van der Waals surface area contributed by atoms with Crippen LogP contribution in [0.15, 0.2) is 11.8 Å². The molecule has 0 N–H and O–H groups in total. The minimum Gasteiger partial charge on any atom is -0.494 e. The molecule has 0 saturated heterocycles. The van der Waals surface area contributed by atoms with Gasteiger partial charge in [-0.05, 0) is 25.8 Å². The molecular formula is C9H14O. The van der Waals surface area contributed by atoms with Gasteiger partial charge in [-0.3, -0.25) is 0 Å². The molecule has 1 aliphatic carbocycles. The average Bonchev–Trinajstić information content (AvgIpc) is 2.64. The quantitative estimate of drug-likeness (QED) is 0.540. The fourth-order valence-corrected chi connectivity index (χ4v) is 1.36. The van der Waals surface area contributed by atoms with Gasteiger partial charge in [-0.1, -0.05) is 6.92 Å². The summed E-state index contributed by atoms with van der Waals surface area (Å²) in [6, 6.07) is 0. The molecule has 1 saturated carbocycles. The van der Waals surface area contributed by atoms with Gasteiger partial charge in [0, 0.05) is 11.8 Å². The van der Waals surface area contributed by atoms with Gasteiger partial charge in [0.15, 0.2) is 0 Å². The first-order chi connectivity index (χ1) is 4.77. The summed E-state index contributed by atoms with van der Waals surface area (Å²) in [5.41, 5.74) is 0. The topological polar surface area (TPSA) is 9.23 Å². The number of hydrogen-bond acceptors (Lipinski definition) is 1.